The van der Waals surface area contributed by atoms with E-state index in [1.165, 1.54) is 11.1 Å². The lowest BCUT2D eigenvalue weighted by Gasteiger charge is -2.14. The van der Waals surface area contributed by atoms with Gasteiger partial charge in [-0.3, -0.25) is 9.67 Å². The molecule has 1 aliphatic rings. The van der Waals surface area contributed by atoms with Gasteiger partial charge in [-0.15, -0.1) is 0 Å². The summed E-state index contributed by atoms with van der Waals surface area (Å²) >= 11 is 0. The molecule has 2 heterocycles. The number of aliphatic hydroxyl groups excluding tert-OH is 2. The van der Waals surface area contributed by atoms with Crippen LogP contribution in [-0.2, 0) is 19.6 Å². The molecule has 0 saturated heterocycles. The first-order chi connectivity index (χ1) is 21.3. The van der Waals surface area contributed by atoms with Gasteiger partial charge in [0.25, 0.3) is 0 Å². The maximum absolute atomic E-state index is 9.52. The molecular weight excluding hydrogens is 550 g/mol. The molecule has 0 fully saturated rings. The fourth-order valence-electron chi connectivity index (χ4n) is 4.57. The molecule has 2 aromatic carbocycles. The standard InChI is InChI=1S/C31H29N3O3.C6H14O/c1-36-31-21-30(37-22-28-7-2-3-16-32-28)15-12-25(31)11-13-27-20-29(34(33-27)17-18-35)14-9-23-8-10-24-5-4-6-26(24)19-23;1-6(2,3)4-5-7/h2-5,7-16,19-21,35H,6,17-18,22H2,1H3;7H,4-5H2,1-3H3/b13-11+,14-9+;. The Balaban J connectivity index is 0.000000566. The summed E-state index contributed by atoms with van der Waals surface area (Å²) in [7, 11) is 1.64. The molecule has 0 unspecified atom stereocenters. The Morgan fingerprint density at radius 2 is 1.80 bits per heavy atom. The Hall–Kier alpha value is -4.46. The minimum absolute atomic E-state index is 0.0178. The zero-order chi connectivity index (χ0) is 31.4. The van der Waals surface area contributed by atoms with Crippen LogP contribution in [0, 0.1) is 5.41 Å². The summed E-state index contributed by atoms with van der Waals surface area (Å²) < 4.78 is 13.3. The van der Waals surface area contributed by atoms with Crippen LogP contribution in [0.15, 0.2) is 72.9 Å². The molecular formula is C37H43N3O4. The minimum Gasteiger partial charge on any atom is -0.496 e. The van der Waals surface area contributed by atoms with Gasteiger partial charge in [0.2, 0.25) is 0 Å². The van der Waals surface area contributed by atoms with E-state index in [9.17, 15) is 5.11 Å². The van der Waals surface area contributed by atoms with Gasteiger partial charge in [-0.1, -0.05) is 63.3 Å². The van der Waals surface area contributed by atoms with Gasteiger partial charge in [0.1, 0.15) is 18.1 Å². The number of nitrogens with zero attached hydrogens (tertiary/aromatic N) is 3. The second-order valence-electron chi connectivity index (χ2n) is 11.7. The molecule has 0 saturated carbocycles. The molecule has 230 valence electrons. The lowest BCUT2D eigenvalue weighted by Crippen LogP contribution is -2.06. The van der Waals surface area contributed by atoms with Crippen molar-refractivity contribution < 1.29 is 19.7 Å². The summed E-state index contributed by atoms with van der Waals surface area (Å²) in [6.07, 6.45) is 16.0. The van der Waals surface area contributed by atoms with Crippen LogP contribution in [-0.4, -0.2) is 45.3 Å². The van der Waals surface area contributed by atoms with E-state index in [-0.39, 0.29) is 6.61 Å². The quantitative estimate of drug-likeness (QED) is 0.191. The highest BCUT2D eigenvalue weighted by Crippen LogP contribution is 2.27. The van der Waals surface area contributed by atoms with E-state index in [0.717, 1.165) is 41.1 Å². The van der Waals surface area contributed by atoms with Crippen LogP contribution in [0.3, 0.4) is 0 Å². The van der Waals surface area contributed by atoms with E-state index < -0.39 is 0 Å². The second-order valence-corrected chi connectivity index (χ2v) is 11.7. The molecule has 7 heteroatoms. The highest BCUT2D eigenvalue weighted by Gasteiger charge is 2.08. The molecule has 4 aromatic rings. The topological polar surface area (TPSA) is 89.6 Å². The molecule has 0 bridgehead atoms. The van der Waals surface area contributed by atoms with Gasteiger partial charge in [-0.05, 0) is 83.5 Å². The molecule has 2 N–H and O–H groups in total. The van der Waals surface area contributed by atoms with Crippen molar-refractivity contribution in [3.63, 3.8) is 0 Å². The fraction of sp³-hybridized carbons (Fsp3) is 0.297. The third kappa shape index (κ3) is 9.79. The minimum atomic E-state index is 0.0178. The highest BCUT2D eigenvalue weighted by molar-refractivity contribution is 5.75. The number of hydrogen-bond acceptors (Lipinski definition) is 6. The van der Waals surface area contributed by atoms with Crippen LogP contribution >= 0.6 is 0 Å². The number of aliphatic hydroxyl groups is 2. The smallest absolute Gasteiger partial charge is 0.130 e. The van der Waals surface area contributed by atoms with Gasteiger partial charge in [-0.2, -0.15) is 5.10 Å². The Kier molecular flexibility index (Phi) is 11.7. The fourth-order valence-corrected chi connectivity index (χ4v) is 4.57. The van der Waals surface area contributed by atoms with E-state index in [1.54, 1.807) is 13.3 Å². The van der Waals surface area contributed by atoms with Crippen molar-refractivity contribution in [2.24, 2.45) is 5.41 Å². The van der Waals surface area contributed by atoms with Crippen LogP contribution in [0.2, 0.25) is 0 Å². The Morgan fingerprint density at radius 3 is 2.50 bits per heavy atom. The average molecular weight is 594 g/mol. The summed E-state index contributed by atoms with van der Waals surface area (Å²) in [4.78, 5) is 4.28. The molecule has 5 rings (SSSR count). The van der Waals surface area contributed by atoms with Crippen molar-refractivity contribution >= 4 is 30.4 Å². The Labute approximate surface area is 260 Å². The SMILES string of the molecule is CC(C)(C)CCO.COc1cc(OCc2ccccn2)ccc1/C=C/c1cc(/C=C/c2ccc3c(c2)CC=C3)n(CCO)n1. The van der Waals surface area contributed by atoms with Crippen LogP contribution in [0.1, 0.15) is 66.5 Å². The number of methoxy groups -OCH3 is 1. The zero-order valence-corrected chi connectivity index (χ0v) is 26.1. The lowest BCUT2D eigenvalue weighted by atomic mass is 9.93. The normalized spacial score (nSPS) is 12.4. The number of rotatable bonds is 11. The first-order valence-corrected chi connectivity index (χ1v) is 14.9. The average Bonchev–Trinajstić information content (AvgIpc) is 3.65. The van der Waals surface area contributed by atoms with Crippen molar-refractivity contribution in [1.29, 1.82) is 0 Å². The van der Waals surface area contributed by atoms with Gasteiger partial charge in [0, 0.05) is 24.4 Å². The third-order valence-corrected chi connectivity index (χ3v) is 7.00. The second kappa shape index (κ2) is 15.8. The molecule has 0 atom stereocenters. The maximum atomic E-state index is 9.52. The summed E-state index contributed by atoms with van der Waals surface area (Å²) in [5.41, 5.74) is 7.58. The van der Waals surface area contributed by atoms with E-state index in [1.807, 2.05) is 65.4 Å². The summed E-state index contributed by atoms with van der Waals surface area (Å²) in [6.45, 7) is 7.48. The van der Waals surface area contributed by atoms with Gasteiger partial charge in [0.15, 0.2) is 0 Å². The monoisotopic (exact) mass is 593 g/mol. The predicted octanol–water partition coefficient (Wildman–Crippen LogP) is 7.18. The van der Waals surface area contributed by atoms with Crippen molar-refractivity contribution in [3.8, 4) is 11.5 Å². The molecule has 7 nitrogen and oxygen atoms in total. The lowest BCUT2D eigenvalue weighted by molar-refractivity contribution is 0.225. The van der Waals surface area contributed by atoms with Crippen LogP contribution in [0.4, 0.5) is 0 Å². The van der Waals surface area contributed by atoms with Gasteiger partial charge in [0.05, 0.1) is 37.3 Å². The molecule has 0 radical (unpaired) electrons. The van der Waals surface area contributed by atoms with Crippen molar-refractivity contribution in [2.45, 2.75) is 46.8 Å². The first kappa shape index (κ1) is 32.5. The van der Waals surface area contributed by atoms with Gasteiger partial charge in [-0.25, -0.2) is 0 Å². The summed E-state index contributed by atoms with van der Waals surface area (Å²) in [6, 6.07) is 20.0. The van der Waals surface area contributed by atoms with E-state index in [2.05, 4.69) is 67.3 Å². The van der Waals surface area contributed by atoms with Crippen molar-refractivity contribution in [3.05, 3.63) is 112 Å². The molecule has 1 aliphatic carbocycles. The van der Waals surface area contributed by atoms with Crippen LogP contribution < -0.4 is 9.47 Å². The van der Waals surface area contributed by atoms with Crippen LogP contribution in [0.5, 0.6) is 11.5 Å². The molecule has 0 spiro atoms. The highest BCUT2D eigenvalue weighted by atomic mass is 16.5. The third-order valence-electron chi connectivity index (χ3n) is 7.00. The van der Waals surface area contributed by atoms with Crippen LogP contribution in [0.25, 0.3) is 30.4 Å². The Bertz CT molecular complexity index is 1580. The number of fused-ring (bicyclic) bond motifs is 1. The van der Waals surface area contributed by atoms with Crippen molar-refractivity contribution in [2.75, 3.05) is 20.3 Å². The van der Waals surface area contributed by atoms with Gasteiger partial charge < -0.3 is 19.7 Å². The maximum Gasteiger partial charge on any atom is 0.130 e. The summed E-state index contributed by atoms with van der Waals surface area (Å²) in [5.74, 6) is 1.41. The van der Waals surface area contributed by atoms with Gasteiger partial charge >= 0.3 is 0 Å². The summed E-state index contributed by atoms with van der Waals surface area (Å²) in [5, 5.41) is 22.6. The van der Waals surface area contributed by atoms with E-state index >= 15 is 0 Å². The molecule has 0 amide bonds. The Morgan fingerprint density at radius 1 is 0.932 bits per heavy atom. The number of hydrogen-bond donors (Lipinski definition) is 2. The number of benzene rings is 2. The largest absolute Gasteiger partial charge is 0.496 e. The van der Waals surface area contributed by atoms with E-state index in [4.69, 9.17) is 14.6 Å². The van der Waals surface area contributed by atoms with E-state index in [0.29, 0.717) is 36.7 Å². The zero-order valence-electron chi connectivity index (χ0n) is 26.1. The number of ether oxygens (including phenoxy) is 2. The first-order valence-electron chi connectivity index (χ1n) is 14.9. The molecule has 0 aliphatic heterocycles. The molecule has 2 aromatic heterocycles. The predicted molar refractivity (Wildman–Crippen MR) is 179 cm³/mol. The van der Waals surface area contributed by atoms with Crippen molar-refractivity contribution in [1.82, 2.24) is 14.8 Å². The molecule has 44 heavy (non-hydrogen) atoms. The number of pyridine rings is 1. The number of allylic oxidation sites excluding steroid dienone is 1. The number of aromatic nitrogens is 3.